The number of ether oxygens (including phenoxy) is 1. The number of aromatic nitrogens is 1. The van der Waals surface area contributed by atoms with Gasteiger partial charge >= 0.3 is 0 Å². The Kier molecular flexibility index (Phi) is 0.927. The van der Waals surface area contributed by atoms with E-state index in [4.69, 9.17) is 8.85 Å². The summed E-state index contributed by atoms with van der Waals surface area (Å²) in [5.74, 6) is -0.532. The van der Waals surface area contributed by atoms with Crippen molar-refractivity contribution < 1.29 is 14.0 Å². The lowest BCUT2D eigenvalue weighted by Crippen LogP contribution is -2.25. The van der Waals surface area contributed by atoms with Crippen LogP contribution < -0.4 is 0 Å². The zero-order chi connectivity index (χ0) is 10.3. The molecular weight excluding hydrogens is 142 g/mol. The Morgan fingerprint density at radius 3 is 3.09 bits per heavy atom. The highest BCUT2D eigenvalue weighted by Gasteiger charge is 2.21. The van der Waals surface area contributed by atoms with E-state index in [1.807, 2.05) is 0 Å². The predicted molar refractivity (Wildman–Crippen MR) is 39.5 cm³/mol. The van der Waals surface area contributed by atoms with Crippen LogP contribution >= 0.6 is 0 Å². The molecule has 0 spiro atoms. The van der Waals surface area contributed by atoms with Crippen LogP contribution in [0.25, 0.3) is 0 Å². The van der Waals surface area contributed by atoms with Gasteiger partial charge in [0, 0.05) is 11.6 Å². The summed E-state index contributed by atoms with van der Waals surface area (Å²) in [7, 11) is 0. The van der Waals surface area contributed by atoms with Gasteiger partial charge in [-0.1, -0.05) is 0 Å². The van der Waals surface area contributed by atoms with Gasteiger partial charge in [0.1, 0.15) is 5.75 Å². The average Bonchev–Trinajstić information content (AvgIpc) is 2.08. The van der Waals surface area contributed by atoms with E-state index >= 15 is 0 Å². The first-order valence-corrected chi connectivity index (χ1v) is 3.35. The Hall–Kier alpha value is -1.09. The van der Waals surface area contributed by atoms with Crippen molar-refractivity contribution in [3.05, 3.63) is 24.0 Å². The number of pyridine rings is 1. The molecule has 0 aliphatic carbocycles. The molecule has 1 aliphatic heterocycles. The minimum absolute atomic E-state index is 0.00343. The highest BCUT2D eigenvalue weighted by atomic mass is 16.5. The molecule has 1 saturated heterocycles. The zero-order valence-corrected chi connectivity index (χ0v) is 5.79. The maximum Gasteiger partial charge on any atom is 0.133 e. The monoisotopic (exact) mass is 154 g/mol. The Labute approximate surface area is 68.9 Å². The van der Waals surface area contributed by atoms with E-state index in [9.17, 15) is 5.11 Å². The van der Waals surface area contributed by atoms with Gasteiger partial charge in [-0.2, -0.15) is 0 Å². The van der Waals surface area contributed by atoms with Gasteiger partial charge in [-0.15, -0.1) is 0 Å². The van der Waals surface area contributed by atoms with Crippen molar-refractivity contribution in [2.75, 3.05) is 13.2 Å². The fourth-order valence-electron chi connectivity index (χ4n) is 0.879. The molecule has 0 atom stereocenters. The summed E-state index contributed by atoms with van der Waals surface area (Å²) in [6.45, 7) is 0.949. The first-order chi connectivity index (χ1) is 6.61. The summed E-state index contributed by atoms with van der Waals surface area (Å²) in [6, 6.07) is -0.432. The molecule has 0 amide bonds. The molecule has 1 aromatic heterocycles. The number of rotatable bonds is 1. The van der Waals surface area contributed by atoms with Gasteiger partial charge in [-0.25, -0.2) is 0 Å². The first kappa shape index (κ1) is 4.07. The third kappa shape index (κ3) is 1.19. The van der Waals surface area contributed by atoms with E-state index in [-0.39, 0.29) is 24.2 Å². The van der Waals surface area contributed by atoms with Crippen molar-refractivity contribution in [1.82, 2.24) is 4.98 Å². The number of hydrogen-bond donors (Lipinski definition) is 1. The molecule has 58 valence electrons. The molecule has 0 aromatic carbocycles. The van der Waals surface area contributed by atoms with Crippen molar-refractivity contribution in [2.24, 2.45) is 0 Å². The lowest BCUT2D eigenvalue weighted by Gasteiger charge is -2.24. The van der Waals surface area contributed by atoms with Crippen LogP contribution in [-0.4, -0.2) is 23.3 Å². The van der Waals surface area contributed by atoms with Crippen molar-refractivity contribution in [2.45, 2.75) is 5.92 Å². The van der Waals surface area contributed by atoms with Crippen LogP contribution in [0.4, 0.5) is 0 Å². The first-order valence-electron chi connectivity index (χ1n) is 4.85. The lowest BCUT2D eigenvalue weighted by atomic mass is 10.0. The minimum Gasteiger partial charge on any atom is -0.506 e. The summed E-state index contributed by atoms with van der Waals surface area (Å²) in [5, 5.41) is 9.20. The molecule has 2 rings (SSSR count). The largest absolute Gasteiger partial charge is 0.506 e. The van der Waals surface area contributed by atoms with E-state index in [0.717, 1.165) is 0 Å². The maximum atomic E-state index is 9.20. The number of aromatic hydroxyl groups is 1. The standard InChI is InChI=1S/C8H9NO2/c10-7-1-2-8(9-3-7)6-4-11-5-6/h1-3,6,10H,4-5H2/i1D,2D,3D. The molecule has 2 heterocycles. The van der Waals surface area contributed by atoms with Crippen molar-refractivity contribution in [3.8, 4) is 5.75 Å². The molecule has 1 aliphatic rings. The molecular formula is C8H9NO2. The second-order valence-corrected chi connectivity index (χ2v) is 2.44. The van der Waals surface area contributed by atoms with Crippen LogP contribution in [0.5, 0.6) is 5.75 Å². The van der Waals surface area contributed by atoms with E-state index in [0.29, 0.717) is 18.9 Å². The van der Waals surface area contributed by atoms with Crippen LogP contribution in [-0.2, 0) is 4.74 Å². The molecule has 3 heteroatoms. The molecule has 3 nitrogen and oxygen atoms in total. The summed E-state index contributed by atoms with van der Waals surface area (Å²) in [6.07, 6.45) is -0.340. The molecule has 1 fully saturated rings. The van der Waals surface area contributed by atoms with Gasteiger partial charge in [0.2, 0.25) is 0 Å². The third-order valence-electron chi connectivity index (χ3n) is 1.62. The van der Waals surface area contributed by atoms with Crippen LogP contribution in [0.15, 0.2) is 18.3 Å². The van der Waals surface area contributed by atoms with Gasteiger partial charge in [0.05, 0.1) is 23.5 Å². The average molecular weight is 154 g/mol. The highest BCUT2D eigenvalue weighted by Crippen LogP contribution is 2.22. The molecule has 0 unspecified atom stereocenters. The molecule has 1 aromatic rings. The van der Waals surface area contributed by atoms with Crippen LogP contribution in [0, 0.1) is 0 Å². The molecule has 1 N–H and O–H groups in total. The normalized spacial score (nSPS) is 21.6. The smallest absolute Gasteiger partial charge is 0.133 e. The van der Waals surface area contributed by atoms with Crippen LogP contribution in [0.2, 0.25) is 0 Å². The quantitative estimate of drug-likeness (QED) is 0.653. The number of hydrogen-bond acceptors (Lipinski definition) is 3. The van der Waals surface area contributed by atoms with Crippen molar-refractivity contribution in [3.63, 3.8) is 0 Å². The van der Waals surface area contributed by atoms with Crippen molar-refractivity contribution in [1.29, 1.82) is 0 Å². The zero-order valence-electron chi connectivity index (χ0n) is 8.79. The Morgan fingerprint density at radius 2 is 2.45 bits per heavy atom. The van der Waals surface area contributed by atoms with Crippen LogP contribution in [0.3, 0.4) is 0 Å². The summed E-state index contributed by atoms with van der Waals surface area (Å²) in [4.78, 5) is 3.78. The predicted octanol–water partition coefficient (Wildman–Crippen LogP) is 0.901. The van der Waals surface area contributed by atoms with Crippen LogP contribution in [0.1, 0.15) is 15.7 Å². The van der Waals surface area contributed by atoms with Crippen molar-refractivity contribution >= 4 is 0 Å². The molecule has 0 radical (unpaired) electrons. The van der Waals surface area contributed by atoms with Gasteiger partial charge in [-0.05, 0) is 12.1 Å². The highest BCUT2D eigenvalue weighted by molar-refractivity contribution is 5.21. The Balaban J connectivity index is 2.49. The van der Waals surface area contributed by atoms with E-state index in [1.54, 1.807) is 0 Å². The minimum atomic E-state index is -0.529. The fraction of sp³-hybridized carbons (Fsp3) is 0.375. The molecule has 0 saturated carbocycles. The van der Waals surface area contributed by atoms with E-state index in [1.165, 1.54) is 0 Å². The van der Waals surface area contributed by atoms with E-state index < -0.39 is 5.75 Å². The van der Waals surface area contributed by atoms with Gasteiger partial charge in [0.25, 0.3) is 0 Å². The van der Waals surface area contributed by atoms with Gasteiger partial charge < -0.3 is 9.84 Å². The Bertz CT molecular complexity index is 379. The second-order valence-electron chi connectivity index (χ2n) is 2.44. The fourth-order valence-corrected chi connectivity index (χ4v) is 0.879. The van der Waals surface area contributed by atoms with Gasteiger partial charge in [-0.3, -0.25) is 4.98 Å². The molecule has 0 bridgehead atoms. The maximum absolute atomic E-state index is 9.20. The summed E-state index contributed by atoms with van der Waals surface area (Å²) in [5.41, 5.74) is 0.379. The Morgan fingerprint density at radius 1 is 1.64 bits per heavy atom. The summed E-state index contributed by atoms with van der Waals surface area (Å²) < 4.78 is 27.2. The number of nitrogens with zero attached hydrogens (tertiary/aromatic N) is 1. The second kappa shape index (κ2) is 2.51. The third-order valence-corrected chi connectivity index (χ3v) is 1.62. The topological polar surface area (TPSA) is 42.4 Å². The summed E-state index contributed by atoms with van der Waals surface area (Å²) >= 11 is 0. The SMILES string of the molecule is [2H]c1nc(C2COC2)c([2H])c([2H])c1O. The van der Waals surface area contributed by atoms with E-state index in [2.05, 4.69) is 4.98 Å². The van der Waals surface area contributed by atoms with Gasteiger partial charge in [0.15, 0.2) is 0 Å². The lowest BCUT2D eigenvalue weighted by molar-refractivity contribution is 0.00668. The molecule has 11 heavy (non-hydrogen) atoms.